The van der Waals surface area contributed by atoms with E-state index in [0.717, 1.165) is 67.0 Å². The molecule has 0 aliphatic carbocycles. The molecule has 0 saturated heterocycles. The highest BCUT2D eigenvalue weighted by atomic mass is 15.0. The molecule has 5 heteroatoms. The molecule has 0 aliphatic heterocycles. The van der Waals surface area contributed by atoms with Gasteiger partial charge in [-0.3, -0.25) is 0 Å². The lowest BCUT2D eigenvalue weighted by Crippen LogP contribution is -2.00. The number of nitrogens with zero attached hydrogens (tertiary/aromatic N) is 5. The monoisotopic (exact) mass is 767 g/mol. The molecule has 0 N–H and O–H groups in total. The fourth-order valence-electron chi connectivity index (χ4n) is 7.52. The Balaban J connectivity index is 1.06. The average Bonchev–Trinajstić information content (AvgIpc) is 3.35. The maximum Gasteiger partial charge on any atom is 0.164 e. The van der Waals surface area contributed by atoms with E-state index in [9.17, 15) is 0 Å². The van der Waals surface area contributed by atoms with Crippen molar-refractivity contribution in [3.05, 3.63) is 224 Å². The number of aromatic nitrogens is 5. The SMILES string of the molecule is c1ccc(-c2nc(-c3cccc(-c4cccc(-c5nc(-c6ccccc6)nc(-c6ccccc6)n5)c4)c3)cc(-c3ccc(-c4ccccc4)c(-c4ccccc4)c3)n2)cc1. The summed E-state index contributed by atoms with van der Waals surface area (Å²) in [6.07, 6.45) is 0. The standard InChI is InChI=1S/C55H37N5/c1-6-18-38(19-7-1)48-33-32-46(36-49(48)39-20-8-2-9-21-39)51-37-50(56-52(57-51)40-22-10-3-11-23-40)45-30-16-28-43(34-45)44-29-17-31-47(35-44)55-59-53(41-24-12-4-13-25-41)58-54(60-55)42-26-14-5-15-27-42/h1-37H. The quantitative estimate of drug-likeness (QED) is 0.146. The zero-order valence-electron chi connectivity index (χ0n) is 32.6. The molecule has 0 spiro atoms. The maximum absolute atomic E-state index is 5.19. The van der Waals surface area contributed by atoms with Gasteiger partial charge in [-0.25, -0.2) is 24.9 Å². The van der Waals surface area contributed by atoms with Crippen molar-refractivity contribution in [2.45, 2.75) is 0 Å². The zero-order valence-corrected chi connectivity index (χ0v) is 32.6. The lowest BCUT2D eigenvalue weighted by molar-refractivity contribution is 1.07. The Hall–Kier alpha value is -8.15. The van der Waals surface area contributed by atoms with Gasteiger partial charge in [-0.15, -0.1) is 0 Å². The summed E-state index contributed by atoms with van der Waals surface area (Å²) in [6, 6.07) is 77.1. The second-order valence-electron chi connectivity index (χ2n) is 14.5. The first-order chi connectivity index (χ1) is 29.7. The molecular formula is C55H37N5. The smallest absolute Gasteiger partial charge is 0.164 e. The molecule has 0 fully saturated rings. The van der Waals surface area contributed by atoms with Crippen LogP contribution in [0.2, 0.25) is 0 Å². The van der Waals surface area contributed by atoms with Crippen molar-refractivity contribution in [2.75, 3.05) is 0 Å². The fraction of sp³-hybridized carbons (Fsp3) is 0. The van der Waals surface area contributed by atoms with Crippen LogP contribution < -0.4 is 0 Å². The molecular weight excluding hydrogens is 731 g/mol. The first kappa shape index (κ1) is 36.2. The van der Waals surface area contributed by atoms with Crippen molar-refractivity contribution in [3.63, 3.8) is 0 Å². The van der Waals surface area contributed by atoms with E-state index in [4.69, 9.17) is 24.9 Å². The first-order valence-electron chi connectivity index (χ1n) is 20.0. The van der Waals surface area contributed by atoms with Gasteiger partial charge in [-0.2, -0.15) is 0 Å². The van der Waals surface area contributed by atoms with Crippen LogP contribution in [0.15, 0.2) is 224 Å². The minimum atomic E-state index is 0.613. The molecule has 0 radical (unpaired) electrons. The molecule has 5 nitrogen and oxygen atoms in total. The molecule has 10 rings (SSSR count). The van der Waals surface area contributed by atoms with Crippen LogP contribution in [0, 0.1) is 0 Å². The molecule has 10 aromatic rings. The van der Waals surface area contributed by atoms with Gasteiger partial charge in [0.25, 0.3) is 0 Å². The molecule has 2 aromatic heterocycles. The second kappa shape index (κ2) is 16.4. The Morgan fingerprint density at radius 2 is 0.517 bits per heavy atom. The summed E-state index contributed by atoms with van der Waals surface area (Å²) >= 11 is 0. The van der Waals surface area contributed by atoms with Crippen LogP contribution in [0.25, 0.3) is 101 Å². The van der Waals surface area contributed by atoms with Crippen LogP contribution in [0.4, 0.5) is 0 Å². The summed E-state index contributed by atoms with van der Waals surface area (Å²) in [5.74, 6) is 2.54. The minimum absolute atomic E-state index is 0.613. The van der Waals surface area contributed by atoms with Crippen LogP contribution in [-0.4, -0.2) is 24.9 Å². The largest absolute Gasteiger partial charge is 0.228 e. The Morgan fingerprint density at radius 1 is 0.183 bits per heavy atom. The van der Waals surface area contributed by atoms with Gasteiger partial charge in [0.2, 0.25) is 0 Å². The summed E-state index contributed by atoms with van der Waals surface area (Å²) in [7, 11) is 0. The molecule has 0 amide bonds. The number of hydrogen-bond acceptors (Lipinski definition) is 5. The Bertz CT molecular complexity index is 3010. The topological polar surface area (TPSA) is 64.5 Å². The number of benzene rings is 8. The van der Waals surface area contributed by atoms with E-state index < -0.39 is 0 Å². The minimum Gasteiger partial charge on any atom is -0.228 e. The normalized spacial score (nSPS) is 11.0. The van der Waals surface area contributed by atoms with E-state index in [1.165, 1.54) is 11.1 Å². The number of rotatable bonds is 9. The summed E-state index contributed by atoms with van der Waals surface area (Å²) in [6.45, 7) is 0. The highest BCUT2D eigenvalue weighted by Gasteiger charge is 2.16. The van der Waals surface area contributed by atoms with E-state index in [0.29, 0.717) is 23.3 Å². The molecule has 2 heterocycles. The number of hydrogen-bond donors (Lipinski definition) is 0. The van der Waals surface area contributed by atoms with Crippen molar-refractivity contribution in [3.8, 4) is 101 Å². The van der Waals surface area contributed by atoms with Crippen LogP contribution >= 0.6 is 0 Å². The van der Waals surface area contributed by atoms with E-state index in [1.54, 1.807) is 0 Å². The van der Waals surface area contributed by atoms with E-state index in [-0.39, 0.29) is 0 Å². The second-order valence-corrected chi connectivity index (χ2v) is 14.5. The summed E-state index contributed by atoms with van der Waals surface area (Å²) < 4.78 is 0. The predicted molar refractivity (Wildman–Crippen MR) is 244 cm³/mol. The molecule has 8 aromatic carbocycles. The lowest BCUT2D eigenvalue weighted by atomic mass is 9.92. The molecule has 0 aliphatic rings. The van der Waals surface area contributed by atoms with Crippen molar-refractivity contribution in [2.24, 2.45) is 0 Å². The van der Waals surface area contributed by atoms with Crippen LogP contribution in [0.1, 0.15) is 0 Å². The van der Waals surface area contributed by atoms with Crippen LogP contribution in [0.3, 0.4) is 0 Å². The lowest BCUT2D eigenvalue weighted by Gasteiger charge is -2.14. The molecule has 0 saturated carbocycles. The Labute approximate surface area is 349 Å². The Kier molecular flexibility index (Phi) is 9.88. The first-order valence-corrected chi connectivity index (χ1v) is 20.0. The maximum atomic E-state index is 5.19. The van der Waals surface area contributed by atoms with E-state index in [1.807, 2.05) is 78.9 Å². The highest BCUT2D eigenvalue weighted by Crippen LogP contribution is 2.37. The van der Waals surface area contributed by atoms with Gasteiger partial charge in [0.15, 0.2) is 23.3 Å². The average molecular weight is 768 g/mol. The van der Waals surface area contributed by atoms with Gasteiger partial charge in [0.05, 0.1) is 11.4 Å². The third-order valence-electron chi connectivity index (χ3n) is 10.6. The third-order valence-corrected chi connectivity index (χ3v) is 10.6. The van der Waals surface area contributed by atoms with Gasteiger partial charge >= 0.3 is 0 Å². The van der Waals surface area contributed by atoms with Gasteiger partial charge < -0.3 is 0 Å². The highest BCUT2D eigenvalue weighted by molar-refractivity contribution is 5.87. The zero-order chi connectivity index (χ0) is 40.1. The van der Waals surface area contributed by atoms with E-state index in [2.05, 4.69) is 146 Å². The van der Waals surface area contributed by atoms with Crippen molar-refractivity contribution < 1.29 is 0 Å². The van der Waals surface area contributed by atoms with Crippen molar-refractivity contribution in [1.29, 1.82) is 0 Å². The molecule has 0 bridgehead atoms. The third kappa shape index (κ3) is 7.63. The van der Waals surface area contributed by atoms with Gasteiger partial charge in [0.1, 0.15) is 0 Å². The van der Waals surface area contributed by atoms with Crippen LogP contribution in [0.5, 0.6) is 0 Å². The van der Waals surface area contributed by atoms with Crippen molar-refractivity contribution >= 4 is 0 Å². The predicted octanol–water partition coefficient (Wildman–Crippen LogP) is 13.7. The molecule has 60 heavy (non-hydrogen) atoms. The summed E-state index contributed by atoms with van der Waals surface area (Å²) in [4.78, 5) is 25.2. The summed E-state index contributed by atoms with van der Waals surface area (Å²) in [5.41, 5.74) is 14.1. The Morgan fingerprint density at radius 3 is 1.00 bits per heavy atom. The van der Waals surface area contributed by atoms with Crippen molar-refractivity contribution in [1.82, 2.24) is 24.9 Å². The van der Waals surface area contributed by atoms with Gasteiger partial charge in [-0.05, 0) is 57.6 Å². The summed E-state index contributed by atoms with van der Waals surface area (Å²) in [5, 5.41) is 0. The molecule has 282 valence electrons. The van der Waals surface area contributed by atoms with Crippen LogP contribution in [-0.2, 0) is 0 Å². The van der Waals surface area contributed by atoms with Gasteiger partial charge in [0, 0.05) is 33.4 Å². The van der Waals surface area contributed by atoms with E-state index >= 15 is 0 Å². The molecule has 0 unspecified atom stereocenters. The molecule has 0 atom stereocenters. The fourth-order valence-corrected chi connectivity index (χ4v) is 7.52. The van der Waals surface area contributed by atoms with Gasteiger partial charge in [-0.1, -0.05) is 200 Å².